The fourth-order valence-corrected chi connectivity index (χ4v) is 5.48. The molecule has 2 saturated heterocycles. The predicted octanol–water partition coefficient (Wildman–Crippen LogP) is 3.45. The van der Waals surface area contributed by atoms with Gasteiger partial charge in [-0.15, -0.1) is 0 Å². The number of hydrogen-bond acceptors (Lipinski definition) is 7. The first kappa shape index (κ1) is 30.3. The number of ether oxygens (including phenoxy) is 1. The Hall–Kier alpha value is -4.17. The van der Waals surface area contributed by atoms with Crippen molar-refractivity contribution in [3.8, 4) is 17.1 Å². The third kappa shape index (κ3) is 6.30. The van der Waals surface area contributed by atoms with Crippen molar-refractivity contribution in [1.29, 1.82) is 0 Å². The summed E-state index contributed by atoms with van der Waals surface area (Å²) < 4.78 is 47.2. The Bertz CT molecular complexity index is 1550. The van der Waals surface area contributed by atoms with Gasteiger partial charge in [-0.1, -0.05) is 11.6 Å². The molecule has 3 aromatic rings. The number of anilines is 1. The Labute approximate surface area is 250 Å². The maximum Gasteiger partial charge on any atom is 0.434 e. The minimum atomic E-state index is -4.77. The molecule has 0 aliphatic carbocycles. The zero-order chi connectivity index (χ0) is 30.9. The van der Waals surface area contributed by atoms with Crippen molar-refractivity contribution in [2.75, 3.05) is 45.2 Å². The molecule has 2 aromatic heterocycles. The smallest absolute Gasteiger partial charge is 0.434 e. The largest absolute Gasteiger partial charge is 0.481 e. The number of nitrogens with zero attached hydrogens (tertiary/aromatic N) is 5. The predicted molar refractivity (Wildman–Crippen MR) is 151 cm³/mol. The van der Waals surface area contributed by atoms with Crippen LogP contribution in [-0.4, -0.2) is 87.9 Å². The normalized spacial score (nSPS) is 17.2. The van der Waals surface area contributed by atoms with Crippen molar-refractivity contribution in [3.05, 3.63) is 58.6 Å². The van der Waals surface area contributed by atoms with E-state index >= 15 is 0 Å². The fraction of sp³-hybridized carbons (Fsp3) is 0.393. The number of carbonyl (C=O) groups is 3. The number of amides is 3. The molecule has 43 heavy (non-hydrogen) atoms. The summed E-state index contributed by atoms with van der Waals surface area (Å²) in [5, 5.41) is 5.93. The van der Waals surface area contributed by atoms with Crippen LogP contribution in [0.2, 0.25) is 5.02 Å². The number of rotatable bonds is 6. The molecular weight excluding hydrogens is 591 g/mol. The van der Waals surface area contributed by atoms with E-state index in [0.717, 1.165) is 25.6 Å². The number of carbonyl (C=O) groups excluding carboxylic acids is 3. The fourth-order valence-electron chi connectivity index (χ4n) is 5.22. The number of aromatic nitrogens is 3. The topological polar surface area (TPSA) is 122 Å². The van der Waals surface area contributed by atoms with Crippen LogP contribution in [0.1, 0.15) is 39.5 Å². The van der Waals surface area contributed by atoms with Crippen molar-refractivity contribution in [2.24, 2.45) is 7.05 Å². The SMILES string of the molecule is COc1ccc(-c2cnc(C(=O)Nc3ccc(C(=O)N4CCN(C(=O)C5CCCN5)CC4)c(Cl)c3)n2C)c(C(F)(F)F)n1. The quantitative estimate of drug-likeness (QED) is 0.434. The van der Waals surface area contributed by atoms with E-state index in [9.17, 15) is 27.6 Å². The van der Waals surface area contributed by atoms with Crippen molar-refractivity contribution in [3.63, 3.8) is 0 Å². The molecule has 1 aromatic carbocycles. The molecule has 0 saturated carbocycles. The van der Waals surface area contributed by atoms with Crippen LogP contribution in [0, 0.1) is 0 Å². The van der Waals surface area contributed by atoms with E-state index in [1.54, 1.807) is 9.80 Å². The number of methoxy groups -OCH3 is 1. The molecule has 2 fully saturated rings. The van der Waals surface area contributed by atoms with Gasteiger partial charge < -0.3 is 29.7 Å². The third-order valence-electron chi connectivity index (χ3n) is 7.51. The molecule has 15 heteroatoms. The van der Waals surface area contributed by atoms with E-state index in [4.69, 9.17) is 16.3 Å². The molecular formula is C28H29ClF3N7O4. The molecule has 2 N–H and O–H groups in total. The molecule has 228 valence electrons. The highest BCUT2D eigenvalue weighted by Gasteiger charge is 2.37. The van der Waals surface area contributed by atoms with Crippen LogP contribution >= 0.6 is 11.6 Å². The number of alkyl halides is 3. The first-order chi connectivity index (χ1) is 20.5. The Morgan fingerprint density at radius 2 is 1.81 bits per heavy atom. The number of nitrogens with one attached hydrogen (secondary N) is 2. The second-order valence-corrected chi connectivity index (χ2v) is 10.6. The van der Waals surface area contributed by atoms with E-state index in [1.807, 2.05) is 0 Å². The van der Waals surface area contributed by atoms with Gasteiger partial charge in [-0.25, -0.2) is 9.97 Å². The lowest BCUT2D eigenvalue weighted by molar-refractivity contribution is -0.140. The summed E-state index contributed by atoms with van der Waals surface area (Å²) in [4.78, 5) is 49.8. The van der Waals surface area contributed by atoms with Gasteiger partial charge in [0.05, 0.1) is 35.6 Å². The second-order valence-electron chi connectivity index (χ2n) is 10.2. The lowest BCUT2D eigenvalue weighted by Gasteiger charge is -2.36. The summed E-state index contributed by atoms with van der Waals surface area (Å²) >= 11 is 6.42. The van der Waals surface area contributed by atoms with Crippen molar-refractivity contribution >= 4 is 35.0 Å². The highest BCUT2D eigenvalue weighted by atomic mass is 35.5. The average Bonchev–Trinajstić information content (AvgIpc) is 3.66. The first-order valence-corrected chi connectivity index (χ1v) is 13.9. The maximum absolute atomic E-state index is 13.7. The zero-order valence-electron chi connectivity index (χ0n) is 23.4. The van der Waals surface area contributed by atoms with Crippen LogP contribution in [0.4, 0.5) is 18.9 Å². The summed E-state index contributed by atoms with van der Waals surface area (Å²) in [6.07, 6.45) is -1.84. The molecule has 1 atom stereocenters. The molecule has 0 bridgehead atoms. The number of benzene rings is 1. The van der Waals surface area contributed by atoms with Crippen molar-refractivity contribution in [1.82, 2.24) is 29.7 Å². The van der Waals surface area contributed by atoms with Gasteiger partial charge >= 0.3 is 6.18 Å². The zero-order valence-corrected chi connectivity index (χ0v) is 24.1. The van der Waals surface area contributed by atoms with Crippen LogP contribution in [0.15, 0.2) is 36.5 Å². The van der Waals surface area contributed by atoms with E-state index in [2.05, 4.69) is 20.6 Å². The molecule has 2 aliphatic heterocycles. The molecule has 1 unspecified atom stereocenters. The number of pyridine rings is 1. The van der Waals surface area contributed by atoms with Gasteiger partial charge in [0.1, 0.15) is 0 Å². The summed E-state index contributed by atoms with van der Waals surface area (Å²) in [5.41, 5.74) is -0.921. The van der Waals surface area contributed by atoms with E-state index in [1.165, 1.54) is 49.1 Å². The Morgan fingerprint density at radius 3 is 2.44 bits per heavy atom. The van der Waals surface area contributed by atoms with Crippen LogP contribution < -0.4 is 15.4 Å². The summed E-state index contributed by atoms with van der Waals surface area (Å²) in [6.45, 7) is 2.42. The second kappa shape index (κ2) is 12.2. The van der Waals surface area contributed by atoms with Gasteiger partial charge in [0, 0.05) is 50.5 Å². The standard InChI is InChI=1S/C28H29ClF3N7O4/c1-37-21(18-7-8-22(43-2)36-23(18)28(30,31)32)15-34-24(37)25(40)35-16-5-6-17(19(29)14-16)26(41)38-10-12-39(13-11-38)27(42)20-4-3-9-33-20/h5-8,14-15,20,33H,3-4,9-13H2,1-2H3,(H,35,40). The first-order valence-electron chi connectivity index (χ1n) is 13.5. The molecule has 2 aliphatic rings. The Balaban J connectivity index is 1.25. The molecule has 0 spiro atoms. The molecule has 3 amide bonds. The molecule has 5 rings (SSSR count). The number of halogens is 4. The molecule has 4 heterocycles. The lowest BCUT2D eigenvalue weighted by atomic mass is 10.1. The van der Waals surface area contributed by atoms with Gasteiger partial charge in [0.2, 0.25) is 11.8 Å². The van der Waals surface area contributed by atoms with E-state index < -0.39 is 17.8 Å². The van der Waals surface area contributed by atoms with Crippen LogP contribution in [0.5, 0.6) is 5.88 Å². The number of imidazole rings is 1. The Morgan fingerprint density at radius 1 is 1.09 bits per heavy atom. The number of hydrogen-bond donors (Lipinski definition) is 2. The number of piperazine rings is 1. The summed E-state index contributed by atoms with van der Waals surface area (Å²) in [7, 11) is 2.62. The van der Waals surface area contributed by atoms with E-state index in [-0.39, 0.29) is 57.1 Å². The van der Waals surface area contributed by atoms with Crippen LogP contribution in [-0.2, 0) is 18.0 Å². The summed E-state index contributed by atoms with van der Waals surface area (Å²) in [6, 6.07) is 6.73. The molecule has 0 radical (unpaired) electrons. The summed E-state index contributed by atoms with van der Waals surface area (Å²) in [5.74, 6) is -1.29. The van der Waals surface area contributed by atoms with Gasteiger partial charge in [0.15, 0.2) is 11.5 Å². The minimum absolute atomic E-state index is 0.0212. The van der Waals surface area contributed by atoms with Gasteiger partial charge in [0.25, 0.3) is 11.8 Å². The maximum atomic E-state index is 13.7. The van der Waals surface area contributed by atoms with Crippen LogP contribution in [0.25, 0.3) is 11.3 Å². The lowest BCUT2D eigenvalue weighted by Crippen LogP contribution is -2.54. The average molecular weight is 620 g/mol. The highest BCUT2D eigenvalue weighted by Crippen LogP contribution is 2.37. The monoisotopic (exact) mass is 619 g/mol. The van der Waals surface area contributed by atoms with Gasteiger partial charge in [-0.2, -0.15) is 13.2 Å². The highest BCUT2D eigenvalue weighted by molar-refractivity contribution is 6.34. The molecule has 11 nitrogen and oxygen atoms in total. The van der Waals surface area contributed by atoms with Crippen LogP contribution in [0.3, 0.4) is 0 Å². The van der Waals surface area contributed by atoms with Gasteiger partial charge in [-0.05, 0) is 43.7 Å². The van der Waals surface area contributed by atoms with Crippen molar-refractivity contribution < 1.29 is 32.3 Å². The van der Waals surface area contributed by atoms with Crippen molar-refractivity contribution in [2.45, 2.75) is 25.1 Å². The van der Waals surface area contributed by atoms with E-state index in [0.29, 0.717) is 26.2 Å². The van der Waals surface area contributed by atoms with Gasteiger partial charge in [-0.3, -0.25) is 14.4 Å². The Kier molecular flexibility index (Phi) is 8.60. The third-order valence-corrected chi connectivity index (χ3v) is 7.82. The minimum Gasteiger partial charge on any atom is -0.481 e.